The van der Waals surface area contributed by atoms with Gasteiger partial charge in [-0.3, -0.25) is 0 Å². The number of anilines is 1. The first kappa shape index (κ1) is 13.6. The van der Waals surface area contributed by atoms with Crippen LogP contribution < -0.4 is 15.2 Å². The summed E-state index contributed by atoms with van der Waals surface area (Å²) in [6.07, 6.45) is 0. The van der Waals surface area contributed by atoms with Gasteiger partial charge in [0.15, 0.2) is 0 Å². The van der Waals surface area contributed by atoms with Crippen LogP contribution in [-0.2, 0) is 5.75 Å². The van der Waals surface area contributed by atoms with Crippen molar-refractivity contribution < 1.29 is 9.47 Å². The number of thioether (sulfide) groups is 1. The van der Waals surface area contributed by atoms with Crippen molar-refractivity contribution in [2.24, 2.45) is 0 Å². The number of ether oxygens (including phenoxy) is 2. The second-order valence-corrected chi connectivity index (χ2v) is 5.09. The van der Waals surface area contributed by atoms with Gasteiger partial charge in [0.25, 0.3) is 0 Å². The lowest BCUT2D eigenvalue weighted by Gasteiger charge is -2.07. The zero-order valence-corrected chi connectivity index (χ0v) is 11.9. The summed E-state index contributed by atoms with van der Waals surface area (Å²) in [5.41, 5.74) is 7.74. The minimum absolute atomic E-state index is 0.676. The fraction of sp³-hybridized carbons (Fsp3) is 0.200. The molecule has 0 amide bonds. The van der Waals surface area contributed by atoms with Gasteiger partial charge in [-0.1, -0.05) is 6.07 Å². The molecule has 0 atom stereocenters. The van der Waals surface area contributed by atoms with Crippen LogP contribution in [0.2, 0.25) is 0 Å². The smallest absolute Gasteiger partial charge is 0.141 e. The van der Waals surface area contributed by atoms with Gasteiger partial charge >= 0.3 is 0 Å². The number of hydrogen-bond donors (Lipinski definition) is 1. The topological polar surface area (TPSA) is 44.5 Å². The third-order valence-corrected chi connectivity index (χ3v) is 3.84. The zero-order valence-electron chi connectivity index (χ0n) is 11.1. The molecule has 0 aliphatic rings. The van der Waals surface area contributed by atoms with Crippen LogP contribution in [0.15, 0.2) is 47.4 Å². The largest absolute Gasteiger partial charge is 0.497 e. The third-order valence-electron chi connectivity index (χ3n) is 2.76. The molecule has 0 fully saturated rings. The van der Waals surface area contributed by atoms with Gasteiger partial charge in [-0.15, -0.1) is 11.8 Å². The molecule has 2 N–H and O–H groups in total. The van der Waals surface area contributed by atoms with Crippen LogP contribution in [-0.4, -0.2) is 14.2 Å². The minimum Gasteiger partial charge on any atom is -0.497 e. The third kappa shape index (κ3) is 3.58. The zero-order chi connectivity index (χ0) is 13.7. The lowest BCUT2D eigenvalue weighted by Crippen LogP contribution is -1.93. The molecule has 0 bridgehead atoms. The lowest BCUT2D eigenvalue weighted by atomic mass is 10.2. The van der Waals surface area contributed by atoms with Gasteiger partial charge in [-0.2, -0.15) is 0 Å². The highest BCUT2D eigenvalue weighted by Gasteiger charge is 2.02. The lowest BCUT2D eigenvalue weighted by molar-refractivity contribution is 0.414. The van der Waals surface area contributed by atoms with Gasteiger partial charge in [0, 0.05) is 10.6 Å². The highest BCUT2D eigenvalue weighted by molar-refractivity contribution is 7.98. The molecule has 0 spiro atoms. The molecule has 0 saturated heterocycles. The minimum atomic E-state index is 0.676. The summed E-state index contributed by atoms with van der Waals surface area (Å²) in [6, 6.07) is 13.9. The van der Waals surface area contributed by atoms with E-state index in [4.69, 9.17) is 15.2 Å². The normalized spacial score (nSPS) is 10.2. The number of nitrogens with two attached hydrogens (primary N) is 1. The van der Waals surface area contributed by atoms with E-state index in [0.717, 1.165) is 17.3 Å². The number of nitrogen functional groups attached to an aromatic ring is 1. The Bertz CT molecular complexity index is 540. The molecule has 0 saturated carbocycles. The molecule has 3 nitrogen and oxygen atoms in total. The SMILES string of the molecule is COc1ccc(SCc2ccc(OC)c(N)c2)cc1. The Balaban J connectivity index is 1.99. The van der Waals surface area contributed by atoms with Crippen LogP contribution >= 0.6 is 11.8 Å². The fourth-order valence-electron chi connectivity index (χ4n) is 1.71. The maximum absolute atomic E-state index is 5.89. The van der Waals surface area contributed by atoms with Crippen molar-refractivity contribution >= 4 is 17.4 Å². The van der Waals surface area contributed by atoms with Crippen LogP contribution in [0.5, 0.6) is 11.5 Å². The van der Waals surface area contributed by atoms with Crippen molar-refractivity contribution in [2.75, 3.05) is 20.0 Å². The van der Waals surface area contributed by atoms with Crippen LogP contribution in [0.4, 0.5) is 5.69 Å². The predicted octanol–water partition coefficient (Wildman–Crippen LogP) is 3.58. The van der Waals surface area contributed by atoms with Crippen molar-refractivity contribution in [1.29, 1.82) is 0 Å². The van der Waals surface area contributed by atoms with Crippen LogP contribution in [0.25, 0.3) is 0 Å². The Kier molecular flexibility index (Phi) is 4.58. The van der Waals surface area contributed by atoms with Crippen LogP contribution in [0.1, 0.15) is 5.56 Å². The first-order chi connectivity index (χ1) is 9.22. The van der Waals surface area contributed by atoms with E-state index in [2.05, 4.69) is 12.1 Å². The van der Waals surface area contributed by atoms with Gasteiger partial charge in [0.2, 0.25) is 0 Å². The highest BCUT2D eigenvalue weighted by atomic mass is 32.2. The molecular formula is C15H17NO2S. The number of methoxy groups -OCH3 is 2. The number of rotatable bonds is 5. The summed E-state index contributed by atoms with van der Waals surface area (Å²) in [6.45, 7) is 0. The first-order valence-corrected chi connectivity index (χ1v) is 6.90. The summed E-state index contributed by atoms with van der Waals surface area (Å²) < 4.78 is 10.3. The Morgan fingerprint density at radius 2 is 1.74 bits per heavy atom. The summed E-state index contributed by atoms with van der Waals surface area (Å²) >= 11 is 1.76. The molecule has 0 unspecified atom stereocenters. The second kappa shape index (κ2) is 6.38. The molecule has 100 valence electrons. The van der Waals surface area contributed by atoms with E-state index in [1.807, 2.05) is 30.3 Å². The quantitative estimate of drug-likeness (QED) is 0.669. The molecule has 4 heteroatoms. The van der Waals surface area contributed by atoms with E-state index in [1.165, 1.54) is 10.5 Å². The highest BCUT2D eigenvalue weighted by Crippen LogP contribution is 2.28. The van der Waals surface area contributed by atoms with Crippen molar-refractivity contribution in [2.45, 2.75) is 10.6 Å². The first-order valence-electron chi connectivity index (χ1n) is 5.92. The maximum Gasteiger partial charge on any atom is 0.141 e. The molecule has 0 aliphatic carbocycles. The second-order valence-electron chi connectivity index (χ2n) is 4.04. The van der Waals surface area contributed by atoms with E-state index in [0.29, 0.717) is 5.69 Å². The predicted molar refractivity (Wildman–Crippen MR) is 80.0 cm³/mol. The molecule has 2 aromatic rings. The maximum atomic E-state index is 5.89. The molecule has 0 aliphatic heterocycles. The van der Waals surface area contributed by atoms with E-state index in [1.54, 1.807) is 26.0 Å². The average molecular weight is 275 g/mol. The van der Waals surface area contributed by atoms with Crippen molar-refractivity contribution in [1.82, 2.24) is 0 Å². The standard InChI is InChI=1S/C15H17NO2S/c1-17-12-4-6-13(7-5-12)19-10-11-3-8-15(18-2)14(16)9-11/h3-9H,10,16H2,1-2H3. The van der Waals surface area contributed by atoms with E-state index >= 15 is 0 Å². The van der Waals surface area contributed by atoms with Gasteiger partial charge < -0.3 is 15.2 Å². The number of hydrogen-bond acceptors (Lipinski definition) is 4. The van der Waals surface area contributed by atoms with E-state index in [-0.39, 0.29) is 0 Å². The summed E-state index contributed by atoms with van der Waals surface area (Å²) in [4.78, 5) is 1.20. The summed E-state index contributed by atoms with van der Waals surface area (Å²) in [7, 11) is 3.29. The van der Waals surface area contributed by atoms with E-state index in [9.17, 15) is 0 Å². The molecule has 0 aromatic heterocycles. The van der Waals surface area contributed by atoms with Gasteiger partial charge in [-0.25, -0.2) is 0 Å². The Morgan fingerprint density at radius 3 is 2.32 bits per heavy atom. The van der Waals surface area contributed by atoms with Crippen LogP contribution in [0, 0.1) is 0 Å². The Hall–Kier alpha value is -1.81. The Morgan fingerprint density at radius 1 is 1.00 bits per heavy atom. The average Bonchev–Trinajstić information content (AvgIpc) is 2.46. The molecular weight excluding hydrogens is 258 g/mol. The Labute approximate surface area is 117 Å². The van der Waals surface area contributed by atoms with Crippen molar-refractivity contribution in [3.8, 4) is 11.5 Å². The summed E-state index contributed by atoms with van der Waals surface area (Å²) in [5.74, 6) is 2.47. The molecule has 19 heavy (non-hydrogen) atoms. The van der Waals surface area contributed by atoms with Gasteiger partial charge in [0.05, 0.1) is 19.9 Å². The summed E-state index contributed by atoms with van der Waals surface area (Å²) in [5, 5.41) is 0. The van der Waals surface area contributed by atoms with E-state index < -0.39 is 0 Å². The fourth-order valence-corrected chi connectivity index (χ4v) is 2.55. The van der Waals surface area contributed by atoms with Crippen LogP contribution in [0.3, 0.4) is 0 Å². The molecule has 0 heterocycles. The number of benzene rings is 2. The van der Waals surface area contributed by atoms with Crippen molar-refractivity contribution in [3.05, 3.63) is 48.0 Å². The monoisotopic (exact) mass is 275 g/mol. The van der Waals surface area contributed by atoms with Crippen molar-refractivity contribution in [3.63, 3.8) is 0 Å². The van der Waals surface area contributed by atoms with Gasteiger partial charge in [-0.05, 0) is 42.0 Å². The van der Waals surface area contributed by atoms with Gasteiger partial charge in [0.1, 0.15) is 11.5 Å². The molecule has 0 radical (unpaired) electrons. The molecule has 2 aromatic carbocycles. The molecule has 2 rings (SSSR count).